The normalized spacial score (nSPS) is 10.7. The van der Waals surface area contributed by atoms with Gasteiger partial charge < -0.3 is 0 Å². The molecule has 4 heteroatoms. The van der Waals surface area contributed by atoms with Crippen LogP contribution < -0.4 is 0 Å². The van der Waals surface area contributed by atoms with Crippen molar-refractivity contribution in [2.75, 3.05) is 0 Å². The Kier molecular flexibility index (Phi) is 1.56. The van der Waals surface area contributed by atoms with E-state index in [0.717, 1.165) is 9.09 Å². The van der Waals surface area contributed by atoms with Crippen LogP contribution in [0, 0.1) is 9.39 Å². The van der Waals surface area contributed by atoms with Crippen molar-refractivity contribution < 1.29 is 4.39 Å². The smallest absolute Gasteiger partial charge is 0.135 e. The molecule has 1 N–H and O–H groups in total. The van der Waals surface area contributed by atoms with Gasteiger partial charge in [-0.25, -0.2) is 4.39 Å². The van der Waals surface area contributed by atoms with Gasteiger partial charge in [-0.3, -0.25) is 5.10 Å². The second-order valence-corrected chi connectivity index (χ2v) is 3.46. The number of H-pyrrole nitrogens is 1. The first-order valence-electron chi connectivity index (χ1n) is 3.05. The number of hydrogen-bond acceptors (Lipinski definition) is 1. The van der Waals surface area contributed by atoms with Gasteiger partial charge in [-0.15, -0.1) is 0 Å². The predicted octanol–water partition coefficient (Wildman–Crippen LogP) is 2.31. The van der Waals surface area contributed by atoms with Crippen molar-refractivity contribution >= 4 is 33.5 Å². The molecule has 0 atom stereocenters. The summed E-state index contributed by atoms with van der Waals surface area (Å²) < 4.78 is 13.9. The van der Waals surface area contributed by atoms with E-state index >= 15 is 0 Å². The van der Waals surface area contributed by atoms with Crippen LogP contribution in [-0.4, -0.2) is 10.2 Å². The van der Waals surface area contributed by atoms with E-state index in [-0.39, 0.29) is 5.82 Å². The van der Waals surface area contributed by atoms with E-state index in [0.29, 0.717) is 5.39 Å². The highest BCUT2D eigenvalue weighted by Crippen LogP contribution is 2.18. The summed E-state index contributed by atoms with van der Waals surface area (Å²) in [6.45, 7) is 0. The maximum absolute atomic E-state index is 13.0. The number of aromatic nitrogens is 2. The van der Waals surface area contributed by atoms with Gasteiger partial charge in [-0.2, -0.15) is 5.10 Å². The number of hydrogen-bond donors (Lipinski definition) is 1. The quantitative estimate of drug-likeness (QED) is 0.725. The summed E-state index contributed by atoms with van der Waals surface area (Å²) in [6.07, 6.45) is 1.49. The van der Waals surface area contributed by atoms with Gasteiger partial charge in [0.2, 0.25) is 0 Å². The molecule has 0 saturated carbocycles. The van der Waals surface area contributed by atoms with Crippen LogP contribution in [0.3, 0.4) is 0 Å². The molecule has 0 spiro atoms. The first-order valence-corrected chi connectivity index (χ1v) is 4.13. The van der Waals surface area contributed by atoms with Crippen LogP contribution >= 0.6 is 22.6 Å². The van der Waals surface area contributed by atoms with Gasteiger partial charge in [0.25, 0.3) is 0 Å². The Morgan fingerprint density at radius 2 is 2.27 bits per heavy atom. The van der Waals surface area contributed by atoms with Crippen molar-refractivity contribution in [3.05, 3.63) is 27.7 Å². The molecule has 0 amide bonds. The zero-order valence-electron chi connectivity index (χ0n) is 5.44. The molecule has 2 nitrogen and oxygen atoms in total. The van der Waals surface area contributed by atoms with Crippen molar-refractivity contribution in [1.29, 1.82) is 0 Å². The van der Waals surface area contributed by atoms with Gasteiger partial charge in [0, 0.05) is 3.57 Å². The van der Waals surface area contributed by atoms with Crippen LogP contribution in [0.4, 0.5) is 4.39 Å². The second-order valence-electron chi connectivity index (χ2n) is 2.22. The average Bonchev–Trinajstić information content (AvgIpc) is 2.34. The van der Waals surface area contributed by atoms with E-state index in [1.807, 2.05) is 6.07 Å². The van der Waals surface area contributed by atoms with Gasteiger partial charge in [0.05, 0.1) is 17.1 Å². The standard InChI is InChI=1S/C7H4FIN2/c8-6-1-4(9)2-7-5(6)3-10-11-7/h1-3H,(H,10,11). The molecule has 1 heterocycles. The van der Waals surface area contributed by atoms with Crippen LogP contribution in [0.5, 0.6) is 0 Å². The van der Waals surface area contributed by atoms with Gasteiger partial charge in [0.1, 0.15) is 5.82 Å². The van der Waals surface area contributed by atoms with Crippen molar-refractivity contribution in [3.63, 3.8) is 0 Å². The molecule has 0 saturated heterocycles. The van der Waals surface area contributed by atoms with E-state index < -0.39 is 0 Å². The number of nitrogens with one attached hydrogen (secondary N) is 1. The lowest BCUT2D eigenvalue weighted by atomic mass is 10.2. The summed E-state index contributed by atoms with van der Waals surface area (Å²) in [5.74, 6) is -0.222. The molecular weight excluding hydrogens is 258 g/mol. The maximum Gasteiger partial charge on any atom is 0.135 e. The predicted molar refractivity (Wildman–Crippen MR) is 48.8 cm³/mol. The van der Waals surface area contributed by atoms with Crippen molar-refractivity contribution in [3.8, 4) is 0 Å². The first-order chi connectivity index (χ1) is 5.27. The molecule has 56 valence electrons. The minimum atomic E-state index is -0.222. The summed E-state index contributed by atoms with van der Waals surface area (Å²) in [5.41, 5.74) is 0.745. The van der Waals surface area contributed by atoms with E-state index in [1.165, 1.54) is 12.3 Å². The highest BCUT2D eigenvalue weighted by atomic mass is 127. The SMILES string of the molecule is Fc1cc(I)cc2[nH]ncc12. The summed E-state index contributed by atoms with van der Waals surface area (Å²) in [5, 5.41) is 6.99. The van der Waals surface area contributed by atoms with E-state index in [4.69, 9.17) is 0 Å². The fourth-order valence-corrected chi connectivity index (χ4v) is 1.56. The Morgan fingerprint density at radius 1 is 1.45 bits per heavy atom. The Morgan fingerprint density at radius 3 is 3.09 bits per heavy atom. The minimum absolute atomic E-state index is 0.222. The molecule has 0 aliphatic rings. The van der Waals surface area contributed by atoms with Gasteiger partial charge >= 0.3 is 0 Å². The lowest BCUT2D eigenvalue weighted by Gasteiger charge is -1.92. The number of aromatic amines is 1. The minimum Gasteiger partial charge on any atom is -0.278 e. The lowest BCUT2D eigenvalue weighted by molar-refractivity contribution is 0.639. The highest BCUT2D eigenvalue weighted by molar-refractivity contribution is 14.1. The van der Waals surface area contributed by atoms with E-state index in [2.05, 4.69) is 32.8 Å². The molecule has 0 unspecified atom stereocenters. The fraction of sp³-hybridized carbons (Fsp3) is 0. The molecule has 1 aromatic heterocycles. The van der Waals surface area contributed by atoms with Crippen LogP contribution in [0.15, 0.2) is 18.3 Å². The zero-order chi connectivity index (χ0) is 7.84. The molecule has 0 fully saturated rings. The Labute approximate surface area is 75.9 Å². The average molecular weight is 262 g/mol. The highest BCUT2D eigenvalue weighted by Gasteiger charge is 2.02. The van der Waals surface area contributed by atoms with Crippen LogP contribution in [0.2, 0.25) is 0 Å². The fourth-order valence-electron chi connectivity index (χ4n) is 0.975. The van der Waals surface area contributed by atoms with Crippen molar-refractivity contribution in [2.45, 2.75) is 0 Å². The largest absolute Gasteiger partial charge is 0.278 e. The van der Waals surface area contributed by atoms with Crippen LogP contribution in [0.25, 0.3) is 10.9 Å². The molecule has 11 heavy (non-hydrogen) atoms. The Balaban J connectivity index is 2.91. The monoisotopic (exact) mass is 262 g/mol. The molecule has 1 aromatic carbocycles. The van der Waals surface area contributed by atoms with Crippen LogP contribution in [0.1, 0.15) is 0 Å². The van der Waals surface area contributed by atoms with Gasteiger partial charge in [-0.05, 0) is 34.7 Å². The number of halogens is 2. The zero-order valence-corrected chi connectivity index (χ0v) is 7.59. The van der Waals surface area contributed by atoms with Gasteiger partial charge in [0.15, 0.2) is 0 Å². The molecule has 0 radical (unpaired) electrons. The van der Waals surface area contributed by atoms with E-state index in [1.54, 1.807) is 0 Å². The summed E-state index contributed by atoms with van der Waals surface area (Å²) >= 11 is 2.06. The molecule has 0 bridgehead atoms. The molecule has 2 aromatic rings. The summed E-state index contributed by atoms with van der Waals surface area (Å²) in [4.78, 5) is 0. The second kappa shape index (κ2) is 2.44. The molecule has 2 rings (SSSR count). The number of benzene rings is 1. The Hall–Kier alpha value is -0.650. The lowest BCUT2D eigenvalue weighted by Crippen LogP contribution is -1.78. The number of fused-ring (bicyclic) bond motifs is 1. The van der Waals surface area contributed by atoms with Crippen LogP contribution in [-0.2, 0) is 0 Å². The number of rotatable bonds is 0. The molecule has 0 aliphatic heterocycles. The van der Waals surface area contributed by atoms with E-state index in [9.17, 15) is 4.39 Å². The van der Waals surface area contributed by atoms with Crippen molar-refractivity contribution in [1.82, 2.24) is 10.2 Å². The third kappa shape index (κ3) is 1.11. The molecule has 0 aliphatic carbocycles. The maximum atomic E-state index is 13.0. The third-order valence-corrected chi connectivity index (χ3v) is 2.10. The summed E-state index contributed by atoms with van der Waals surface area (Å²) in [6, 6.07) is 3.34. The Bertz CT molecular complexity index is 396. The topological polar surface area (TPSA) is 28.7 Å². The van der Waals surface area contributed by atoms with Crippen molar-refractivity contribution in [2.24, 2.45) is 0 Å². The first kappa shape index (κ1) is 7.02. The third-order valence-electron chi connectivity index (χ3n) is 1.47. The number of nitrogens with zero attached hydrogens (tertiary/aromatic N) is 1. The van der Waals surface area contributed by atoms with Gasteiger partial charge in [-0.1, -0.05) is 0 Å². The molecular formula is C7H4FIN2. The summed E-state index contributed by atoms with van der Waals surface area (Å²) in [7, 11) is 0.